The highest BCUT2D eigenvalue weighted by Crippen LogP contribution is 2.41. The standard InChI is InChI=1S/C28H26F4N4O2/c1-15-9-21-22(27(37)35(15)2)12-24(34-26(21)20-6-3-18(11-23(20)29)28(30,31)32)16-7-8-38-25(10-16)17-13-33-36(14-17)19-4-5-19/h3,6,9,11-14,16,19,25H,4-5,7-8,10H2,1-2H3/t16-,25+/m0/s1. The largest absolute Gasteiger partial charge is 0.416 e. The molecule has 198 valence electrons. The quantitative estimate of drug-likeness (QED) is 0.296. The summed E-state index contributed by atoms with van der Waals surface area (Å²) in [7, 11) is 1.65. The third kappa shape index (κ3) is 4.40. The Morgan fingerprint density at radius 2 is 1.87 bits per heavy atom. The van der Waals surface area contributed by atoms with Gasteiger partial charge in [-0.15, -0.1) is 0 Å². The third-order valence-electron chi connectivity index (χ3n) is 7.66. The summed E-state index contributed by atoms with van der Waals surface area (Å²) < 4.78 is 64.2. The molecule has 1 aliphatic heterocycles. The lowest BCUT2D eigenvalue weighted by Crippen LogP contribution is -2.22. The summed E-state index contributed by atoms with van der Waals surface area (Å²) in [5, 5.41) is 5.22. The molecule has 0 amide bonds. The van der Waals surface area contributed by atoms with Gasteiger partial charge in [-0.2, -0.15) is 18.3 Å². The fourth-order valence-corrected chi connectivity index (χ4v) is 5.20. The molecule has 10 heteroatoms. The molecule has 2 fully saturated rings. The van der Waals surface area contributed by atoms with Gasteiger partial charge in [0.2, 0.25) is 0 Å². The zero-order chi connectivity index (χ0) is 26.8. The summed E-state index contributed by atoms with van der Waals surface area (Å²) in [4.78, 5) is 18.0. The highest BCUT2D eigenvalue weighted by molar-refractivity contribution is 5.95. The van der Waals surface area contributed by atoms with Gasteiger partial charge in [-0.3, -0.25) is 14.5 Å². The Morgan fingerprint density at radius 3 is 2.58 bits per heavy atom. The number of aryl methyl sites for hydroxylation is 1. The van der Waals surface area contributed by atoms with Gasteiger partial charge in [0.1, 0.15) is 5.82 Å². The molecule has 2 atom stereocenters. The fourth-order valence-electron chi connectivity index (χ4n) is 5.20. The van der Waals surface area contributed by atoms with E-state index in [1.165, 1.54) is 4.57 Å². The predicted molar refractivity (Wildman–Crippen MR) is 133 cm³/mol. The van der Waals surface area contributed by atoms with Crippen LogP contribution >= 0.6 is 0 Å². The van der Waals surface area contributed by atoms with Crippen LogP contribution in [0.3, 0.4) is 0 Å². The second-order valence-corrected chi connectivity index (χ2v) is 10.3. The number of rotatable bonds is 4. The van der Waals surface area contributed by atoms with Crippen molar-refractivity contribution < 1.29 is 22.3 Å². The van der Waals surface area contributed by atoms with Gasteiger partial charge in [-0.25, -0.2) is 4.39 Å². The first-order valence-electron chi connectivity index (χ1n) is 12.6. The molecule has 0 unspecified atom stereocenters. The number of alkyl halides is 3. The Kier molecular flexibility index (Phi) is 5.90. The third-order valence-corrected chi connectivity index (χ3v) is 7.66. The summed E-state index contributed by atoms with van der Waals surface area (Å²) >= 11 is 0. The van der Waals surface area contributed by atoms with Gasteiger partial charge in [-0.05, 0) is 62.9 Å². The van der Waals surface area contributed by atoms with Crippen molar-refractivity contribution in [3.63, 3.8) is 0 Å². The van der Waals surface area contributed by atoms with Crippen LogP contribution in [-0.4, -0.2) is 25.9 Å². The topological polar surface area (TPSA) is 61.9 Å². The van der Waals surface area contributed by atoms with Crippen LogP contribution in [-0.2, 0) is 18.0 Å². The molecular weight excluding hydrogens is 500 g/mol. The van der Waals surface area contributed by atoms with Crippen LogP contribution in [0.15, 0.2) is 47.5 Å². The van der Waals surface area contributed by atoms with Crippen LogP contribution in [0, 0.1) is 12.7 Å². The number of hydrogen-bond acceptors (Lipinski definition) is 4. The Morgan fingerprint density at radius 1 is 1.08 bits per heavy atom. The highest BCUT2D eigenvalue weighted by atomic mass is 19.4. The van der Waals surface area contributed by atoms with Crippen LogP contribution in [0.2, 0.25) is 0 Å². The van der Waals surface area contributed by atoms with Crippen LogP contribution < -0.4 is 5.56 Å². The minimum Gasteiger partial charge on any atom is -0.373 e. The molecule has 4 aromatic rings. The number of fused-ring (bicyclic) bond motifs is 1. The van der Waals surface area contributed by atoms with Crippen molar-refractivity contribution in [2.45, 2.75) is 56.8 Å². The lowest BCUT2D eigenvalue weighted by Gasteiger charge is -2.29. The second-order valence-electron chi connectivity index (χ2n) is 10.3. The van der Waals surface area contributed by atoms with E-state index in [9.17, 15) is 18.0 Å². The number of halogens is 4. The molecule has 3 aromatic heterocycles. The summed E-state index contributed by atoms with van der Waals surface area (Å²) in [5.74, 6) is -1.13. The van der Waals surface area contributed by atoms with Crippen LogP contribution in [0.25, 0.3) is 22.0 Å². The van der Waals surface area contributed by atoms with Crippen LogP contribution in [0.5, 0.6) is 0 Å². The van der Waals surface area contributed by atoms with E-state index in [4.69, 9.17) is 9.72 Å². The van der Waals surface area contributed by atoms with E-state index < -0.39 is 17.6 Å². The average molecular weight is 527 g/mol. The minimum atomic E-state index is -4.67. The molecule has 1 aliphatic carbocycles. The molecule has 6 nitrogen and oxygen atoms in total. The van der Waals surface area contributed by atoms with Gasteiger partial charge in [0.05, 0.1) is 35.0 Å². The van der Waals surface area contributed by atoms with Gasteiger partial charge >= 0.3 is 6.18 Å². The molecule has 0 spiro atoms. The van der Waals surface area contributed by atoms with Gasteiger partial charge in [0.25, 0.3) is 5.56 Å². The predicted octanol–water partition coefficient (Wildman–Crippen LogP) is 6.23. The van der Waals surface area contributed by atoms with Gasteiger partial charge in [-0.1, -0.05) is 0 Å². The van der Waals surface area contributed by atoms with Gasteiger partial charge in [0.15, 0.2) is 0 Å². The summed E-state index contributed by atoms with van der Waals surface area (Å²) in [6.07, 6.45) is 2.44. The van der Waals surface area contributed by atoms with E-state index in [0.717, 1.165) is 30.5 Å². The normalized spacial score (nSPS) is 20.3. The molecule has 1 saturated carbocycles. The van der Waals surface area contributed by atoms with E-state index in [1.54, 1.807) is 26.1 Å². The highest BCUT2D eigenvalue weighted by Gasteiger charge is 2.33. The van der Waals surface area contributed by atoms with Crippen molar-refractivity contribution in [3.05, 3.63) is 81.4 Å². The minimum absolute atomic E-state index is 0.0770. The number of pyridine rings is 2. The molecule has 4 heterocycles. The molecule has 2 aliphatic rings. The lowest BCUT2D eigenvalue weighted by molar-refractivity contribution is -0.137. The zero-order valence-electron chi connectivity index (χ0n) is 20.9. The maximum absolute atomic E-state index is 15.2. The van der Waals surface area contributed by atoms with Gasteiger partial charge in [0, 0.05) is 53.7 Å². The number of hydrogen-bond donors (Lipinski definition) is 0. The first kappa shape index (κ1) is 24.8. The van der Waals surface area contributed by atoms with Crippen molar-refractivity contribution in [1.29, 1.82) is 0 Å². The van der Waals surface area contributed by atoms with Crippen molar-refractivity contribution in [3.8, 4) is 11.3 Å². The van der Waals surface area contributed by atoms with Crippen molar-refractivity contribution in [2.75, 3.05) is 6.61 Å². The molecule has 1 aromatic carbocycles. The van der Waals surface area contributed by atoms with E-state index >= 15 is 4.39 Å². The van der Waals surface area contributed by atoms with Crippen molar-refractivity contribution in [1.82, 2.24) is 19.3 Å². The average Bonchev–Trinajstić information content (AvgIpc) is 3.63. The number of aromatic nitrogens is 4. The van der Waals surface area contributed by atoms with Gasteiger partial charge < -0.3 is 9.30 Å². The molecule has 0 radical (unpaired) electrons. The number of nitrogens with zero attached hydrogens (tertiary/aromatic N) is 4. The van der Waals surface area contributed by atoms with Crippen LogP contribution in [0.4, 0.5) is 17.6 Å². The van der Waals surface area contributed by atoms with E-state index in [2.05, 4.69) is 5.10 Å². The van der Waals surface area contributed by atoms with E-state index in [-0.39, 0.29) is 28.8 Å². The Hall–Kier alpha value is -3.53. The molecule has 1 saturated heterocycles. The van der Waals surface area contributed by atoms with E-state index in [1.807, 2.05) is 17.1 Å². The molecule has 0 bridgehead atoms. The van der Waals surface area contributed by atoms with Crippen LogP contribution in [0.1, 0.15) is 66.3 Å². The molecule has 38 heavy (non-hydrogen) atoms. The Bertz CT molecular complexity index is 1600. The monoisotopic (exact) mass is 526 g/mol. The fraction of sp³-hybridized carbons (Fsp3) is 0.393. The number of benzene rings is 1. The van der Waals surface area contributed by atoms with Crippen molar-refractivity contribution in [2.24, 2.45) is 7.05 Å². The lowest BCUT2D eigenvalue weighted by atomic mass is 9.88. The summed E-state index contributed by atoms with van der Waals surface area (Å²) in [5.41, 5.74) is 0.931. The van der Waals surface area contributed by atoms with Crippen molar-refractivity contribution >= 4 is 10.8 Å². The Labute approximate surface area is 215 Å². The zero-order valence-corrected chi connectivity index (χ0v) is 20.9. The maximum atomic E-state index is 15.2. The summed E-state index contributed by atoms with van der Waals surface area (Å²) in [6.45, 7) is 2.21. The first-order chi connectivity index (χ1) is 18.1. The van der Waals surface area contributed by atoms with E-state index in [0.29, 0.717) is 53.7 Å². The Balaban J connectivity index is 1.45. The molecule has 6 rings (SSSR count). The first-order valence-corrected chi connectivity index (χ1v) is 12.6. The maximum Gasteiger partial charge on any atom is 0.416 e. The molecular formula is C28H26F4N4O2. The SMILES string of the molecule is Cc1cc2c(-c3ccc(C(F)(F)F)cc3F)nc([C@H]3CCO[C@@H](c4cnn(C5CC5)c4)C3)cc2c(=O)n1C. The number of ether oxygens (including phenoxy) is 1. The molecule has 0 N–H and O–H groups in total. The smallest absolute Gasteiger partial charge is 0.373 e. The summed E-state index contributed by atoms with van der Waals surface area (Å²) in [6, 6.07) is 6.32. The second kappa shape index (κ2) is 9.04.